The zero-order valence-electron chi connectivity index (χ0n) is 11.1. The molecule has 1 aliphatic rings. The molecule has 1 unspecified atom stereocenters. The maximum absolute atomic E-state index is 12.4. The molecular formula is C14H19BrN2OS. The molecule has 1 saturated heterocycles. The lowest BCUT2D eigenvalue weighted by Gasteiger charge is -2.29. The summed E-state index contributed by atoms with van der Waals surface area (Å²) in [5.74, 6) is 0.226. The maximum atomic E-state index is 12.4. The van der Waals surface area contributed by atoms with Gasteiger partial charge in [-0.15, -0.1) is 11.8 Å². The third-order valence-electron chi connectivity index (χ3n) is 3.29. The average molecular weight is 343 g/mol. The van der Waals surface area contributed by atoms with Crippen molar-refractivity contribution >= 4 is 39.3 Å². The number of nitrogen functional groups attached to an aromatic ring is 1. The predicted molar refractivity (Wildman–Crippen MR) is 84.3 cm³/mol. The molecule has 19 heavy (non-hydrogen) atoms. The minimum atomic E-state index is -0.0882. The highest BCUT2D eigenvalue weighted by Gasteiger charge is 2.23. The van der Waals surface area contributed by atoms with Crippen molar-refractivity contribution in [1.82, 2.24) is 4.90 Å². The van der Waals surface area contributed by atoms with Crippen LogP contribution in [0.1, 0.15) is 26.2 Å². The van der Waals surface area contributed by atoms with Crippen LogP contribution in [0.3, 0.4) is 0 Å². The van der Waals surface area contributed by atoms with Crippen LogP contribution in [0.2, 0.25) is 0 Å². The lowest BCUT2D eigenvalue weighted by Crippen LogP contribution is -2.40. The van der Waals surface area contributed by atoms with E-state index >= 15 is 0 Å². The summed E-state index contributed by atoms with van der Waals surface area (Å²) < 4.78 is 0.988. The number of hydrogen-bond donors (Lipinski definition) is 1. The van der Waals surface area contributed by atoms with Crippen molar-refractivity contribution in [3.63, 3.8) is 0 Å². The van der Waals surface area contributed by atoms with Gasteiger partial charge in [-0.25, -0.2) is 0 Å². The molecule has 1 aromatic rings. The van der Waals surface area contributed by atoms with Crippen molar-refractivity contribution in [1.29, 1.82) is 0 Å². The zero-order valence-corrected chi connectivity index (χ0v) is 13.5. The highest BCUT2D eigenvalue weighted by molar-refractivity contribution is 9.10. The minimum absolute atomic E-state index is 0.0882. The topological polar surface area (TPSA) is 46.3 Å². The lowest BCUT2D eigenvalue weighted by molar-refractivity contribution is -0.131. The fourth-order valence-corrected chi connectivity index (χ4v) is 3.77. The Morgan fingerprint density at radius 3 is 2.74 bits per heavy atom. The Morgan fingerprint density at radius 2 is 2.05 bits per heavy atom. The summed E-state index contributed by atoms with van der Waals surface area (Å²) >= 11 is 4.98. The first-order valence-corrected chi connectivity index (χ1v) is 8.25. The van der Waals surface area contributed by atoms with Gasteiger partial charge in [0.05, 0.1) is 5.25 Å². The van der Waals surface area contributed by atoms with E-state index in [1.54, 1.807) is 0 Å². The van der Waals surface area contributed by atoms with Crippen molar-refractivity contribution in [2.24, 2.45) is 0 Å². The van der Waals surface area contributed by atoms with Gasteiger partial charge in [-0.3, -0.25) is 4.79 Å². The Labute approximate surface area is 127 Å². The SMILES string of the molecule is CC(Sc1cc(Br)ccc1N)C(=O)N1CCCCC1. The number of halogens is 1. The average Bonchev–Trinajstić information content (AvgIpc) is 2.43. The number of carbonyl (C=O) groups excluding carboxylic acids is 1. The van der Waals surface area contributed by atoms with Crippen LogP contribution in [0, 0.1) is 0 Å². The third-order valence-corrected chi connectivity index (χ3v) is 4.95. The van der Waals surface area contributed by atoms with E-state index in [1.165, 1.54) is 18.2 Å². The first-order valence-electron chi connectivity index (χ1n) is 6.58. The molecule has 2 N–H and O–H groups in total. The fourth-order valence-electron chi connectivity index (χ4n) is 2.22. The Balaban J connectivity index is 2.01. The van der Waals surface area contributed by atoms with Gasteiger partial charge in [0.2, 0.25) is 5.91 Å². The van der Waals surface area contributed by atoms with Crippen LogP contribution >= 0.6 is 27.7 Å². The quantitative estimate of drug-likeness (QED) is 0.675. The minimum Gasteiger partial charge on any atom is -0.398 e. The first-order chi connectivity index (χ1) is 9.08. The molecule has 0 radical (unpaired) electrons. The third kappa shape index (κ3) is 3.89. The number of rotatable bonds is 3. The summed E-state index contributed by atoms with van der Waals surface area (Å²) in [4.78, 5) is 15.3. The van der Waals surface area contributed by atoms with E-state index in [0.29, 0.717) is 0 Å². The summed E-state index contributed by atoms with van der Waals surface area (Å²) in [6.07, 6.45) is 3.49. The van der Waals surface area contributed by atoms with Gasteiger partial charge in [-0.05, 0) is 44.4 Å². The second-order valence-corrected chi connectivity index (χ2v) is 7.13. The lowest BCUT2D eigenvalue weighted by atomic mass is 10.1. The summed E-state index contributed by atoms with van der Waals surface area (Å²) in [6, 6.07) is 5.75. The number of piperidine rings is 1. The number of nitrogens with two attached hydrogens (primary N) is 1. The Bertz CT molecular complexity index is 461. The first kappa shape index (κ1) is 14.7. The second-order valence-electron chi connectivity index (χ2n) is 4.83. The van der Waals surface area contributed by atoms with E-state index in [4.69, 9.17) is 5.73 Å². The van der Waals surface area contributed by atoms with Crippen LogP contribution in [0.15, 0.2) is 27.6 Å². The molecule has 0 bridgehead atoms. The largest absolute Gasteiger partial charge is 0.398 e. The summed E-state index contributed by atoms with van der Waals surface area (Å²) in [7, 11) is 0. The number of thioether (sulfide) groups is 1. The molecule has 1 fully saturated rings. The van der Waals surface area contributed by atoms with E-state index in [9.17, 15) is 4.79 Å². The van der Waals surface area contributed by atoms with E-state index in [1.807, 2.05) is 30.0 Å². The highest BCUT2D eigenvalue weighted by atomic mass is 79.9. The fraction of sp³-hybridized carbons (Fsp3) is 0.500. The Kier molecular flexibility index (Phi) is 5.16. The van der Waals surface area contributed by atoms with E-state index in [-0.39, 0.29) is 11.2 Å². The molecule has 2 rings (SSSR count). The summed E-state index contributed by atoms with van der Waals surface area (Å²) in [6.45, 7) is 3.76. The van der Waals surface area contributed by atoms with Crippen LogP contribution in [0.25, 0.3) is 0 Å². The number of benzene rings is 1. The van der Waals surface area contributed by atoms with Gasteiger partial charge in [0.1, 0.15) is 0 Å². The molecule has 1 amide bonds. The van der Waals surface area contributed by atoms with Crippen molar-refractivity contribution in [3.8, 4) is 0 Å². The van der Waals surface area contributed by atoms with Gasteiger partial charge < -0.3 is 10.6 Å². The van der Waals surface area contributed by atoms with Crippen molar-refractivity contribution in [3.05, 3.63) is 22.7 Å². The van der Waals surface area contributed by atoms with E-state index in [0.717, 1.165) is 41.0 Å². The van der Waals surface area contributed by atoms with Crippen molar-refractivity contribution < 1.29 is 4.79 Å². The van der Waals surface area contributed by atoms with Crippen molar-refractivity contribution in [2.45, 2.75) is 36.3 Å². The number of carbonyl (C=O) groups is 1. The molecule has 3 nitrogen and oxygen atoms in total. The molecule has 0 saturated carbocycles. The number of anilines is 1. The van der Waals surface area contributed by atoms with Gasteiger partial charge >= 0.3 is 0 Å². The normalized spacial score (nSPS) is 17.3. The van der Waals surface area contributed by atoms with Gasteiger partial charge in [0.15, 0.2) is 0 Å². The monoisotopic (exact) mass is 342 g/mol. The smallest absolute Gasteiger partial charge is 0.235 e. The van der Waals surface area contributed by atoms with Crippen LogP contribution < -0.4 is 5.73 Å². The van der Waals surface area contributed by atoms with Gasteiger partial charge in [0.25, 0.3) is 0 Å². The Hall–Kier alpha value is -0.680. The maximum Gasteiger partial charge on any atom is 0.235 e. The molecule has 1 aromatic carbocycles. The molecule has 1 aliphatic heterocycles. The van der Waals surface area contributed by atoms with Crippen LogP contribution in [-0.2, 0) is 4.79 Å². The highest BCUT2D eigenvalue weighted by Crippen LogP contribution is 2.32. The summed E-state index contributed by atoms with van der Waals surface area (Å²) in [5.41, 5.74) is 6.68. The van der Waals surface area contributed by atoms with E-state index < -0.39 is 0 Å². The summed E-state index contributed by atoms with van der Waals surface area (Å²) in [5, 5.41) is -0.0882. The van der Waals surface area contributed by atoms with Crippen LogP contribution in [0.5, 0.6) is 0 Å². The van der Waals surface area contributed by atoms with Crippen molar-refractivity contribution in [2.75, 3.05) is 18.8 Å². The Morgan fingerprint density at radius 1 is 1.37 bits per heavy atom. The molecular weight excluding hydrogens is 324 g/mol. The van der Waals surface area contributed by atoms with Gasteiger partial charge in [-0.1, -0.05) is 15.9 Å². The zero-order chi connectivity index (χ0) is 13.8. The standard InChI is InChI=1S/C14H19BrN2OS/c1-10(14(18)17-7-3-2-4-8-17)19-13-9-11(15)5-6-12(13)16/h5-6,9-10H,2-4,7-8,16H2,1H3. The molecule has 0 aliphatic carbocycles. The number of amides is 1. The molecule has 104 valence electrons. The second kappa shape index (κ2) is 6.66. The number of nitrogens with zero attached hydrogens (tertiary/aromatic N) is 1. The van der Waals surface area contributed by atoms with Gasteiger partial charge in [0, 0.05) is 28.1 Å². The predicted octanol–water partition coefficient (Wildman–Crippen LogP) is 3.52. The molecule has 0 spiro atoms. The number of likely N-dealkylation sites (tertiary alicyclic amines) is 1. The van der Waals surface area contributed by atoms with Crippen LogP contribution in [0.4, 0.5) is 5.69 Å². The molecule has 5 heteroatoms. The van der Waals surface area contributed by atoms with E-state index in [2.05, 4.69) is 15.9 Å². The molecule has 1 heterocycles. The van der Waals surface area contributed by atoms with Gasteiger partial charge in [-0.2, -0.15) is 0 Å². The molecule has 1 atom stereocenters. The number of hydrogen-bond acceptors (Lipinski definition) is 3. The van der Waals surface area contributed by atoms with Crippen LogP contribution in [-0.4, -0.2) is 29.1 Å². The molecule has 0 aromatic heterocycles.